The van der Waals surface area contributed by atoms with Crippen molar-refractivity contribution >= 4 is 43.6 Å². The maximum Gasteiger partial charge on any atom is 0.330 e. The highest BCUT2D eigenvalue weighted by molar-refractivity contribution is 9.10. The number of carbonyl (C=O) groups is 2. The number of nitrogens with one attached hydrogen (secondary N) is 2. The number of Topliss-reactive ketones (excluding diaryl/α,β-unsaturated/α-hetero) is 1. The molecule has 0 bridgehead atoms. The van der Waals surface area contributed by atoms with Gasteiger partial charge < -0.3 is 0 Å². The van der Waals surface area contributed by atoms with Gasteiger partial charge in [0.1, 0.15) is 6.04 Å². The zero-order valence-electron chi connectivity index (χ0n) is 15.4. The van der Waals surface area contributed by atoms with Gasteiger partial charge in [-0.15, -0.1) is 0 Å². The molecule has 30 heavy (non-hydrogen) atoms. The summed E-state index contributed by atoms with van der Waals surface area (Å²) in [5.74, 6) is -5.78. The van der Waals surface area contributed by atoms with Crippen LogP contribution >= 0.6 is 31.9 Å². The molecule has 0 aromatic heterocycles. The van der Waals surface area contributed by atoms with Crippen LogP contribution in [0.25, 0.3) is 0 Å². The van der Waals surface area contributed by atoms with Crippen molar-refractivity contribution in [3.8, 4) is 0 Å². The van der Waals surface area contributed by atoms with E-state index in [1.165, 1.54) is 36.4 Å². The van der Waals surface area contributed by atoms with Crippen molar-refractivity contribution in [1.82, 2.24) is 10.9 Å². The molecule has 3 rings (SSSR count). The van der Waals surface area contributed by atoms with E-state index in [0.717, 1.165) is 4.47 Å². The molecule has 0 spiro atoms. The Bertz CT molecular complexity index is 1030. The number of hydrazine groups is 1. The summed E-state index contributed by atoms with van der Waals surface area (Å²) >= 11 is 6.53. The van der Waals surface area contributed by atoms with Gasteiger partial charge >= 0.3 is 5.92 Å². The first-order valence-corrected chi connectivity index (χ1v) is 10.4. The lowest BCUT2D eigenvalue weighted by molar-refractivity contribution is -0.0194. The van der Waals surface area contributed by atoms with Gasteiger partial charge in [-0.2, -0.15) is 8.78 Å². The molecule has 0 radical (unpaired) electrons. The molecule has 154 valence electrons. The predicted molar refractivity (Wildman–Crippen MR) is 117 cm³/mol. The number of ketones is 1. The average molecular weight is 538 g/mol. The number of halogens is 4. The van der Waals surface area contributed by atoms with Crippen LogP contribution in [0.1, 0.15) is 32.3 Å². The van der Waals surface area contributed by atoms with Crippen LogP contribution < -0.4 is 10.9 Å². The Labute approximate surface area is 188 Å². The first-order chi connectivity index (χ1) is 14.3. The summed E-state index contributed by atoms with van der Waals surface area (Å²) in [6, 6.07) is 18.0. The van der Waals surface area contributed by atoms with Crippen LogP contribution in [0.2, 0.25) is 0 Å². The Balaban J connectivity index is 1.88. The highest BCUT2D eigenvalue weighted by Crippen LogP contribution is 2.34. The van der Waals surface area contributed by atoms with E-state index >= 15 is 8.78 Å². The molecule has 4 nitrogen and oxygen atoms in total. The predicted octanol–water partition coefficient (Wildman–Crippen LogP) is 5.71. The van der Waals surface area contributed by atoms with Gasteiger partial charge in [-0.05, 0) is 42.0 Å². The molecule has 3 aromatic rings. The summed E-state index contributed by atoms with van der Waals surface area (Å²) in [5.41, 5.74) is 4.96. The van der Waals surface area contributed by atoms with Crippen LogP contribution in [0, 0.1) is 0 Å². The highest BCUT2D eigenvalue weighted by atomic mass is 79.9. The second-order valence-electron chi connectivity index (χ2n) is 6.41. The Morgan fingerprint density at radius 1 is 0.767 bits per heavy atom. The third-order valence-corrected chi connectivity index (χ3v) is 5.40. The number of amides is 1. The topological polar surface area (TPSA) is 58.2 Å². The Morgan fingerprint density at radius 2 is 1.30 bits per heavy atom. The van der Waals surface area contributed by atoms with E-state index in [9.17, 15) is 9.59 Å². The quantitative estimate of drug-likeness (QED) is 0.300. The van der Waals surface area contributed by atoms with Crippen LogP contribution in [0.5, 0.6) is 0 Å². The largest absolute Gasteiger partial charge is 0.330 e. The van der Waals surface area contributed by atoms with Crippen LogP contribution in [0.3, 0.4) is 0 Å². The lowest BCUT2D eigenvalue weighted by Gasteiger charge is -2.27. The first-order valence-electron chi connectivity index (χ1n) is 8.83. The van der Waals surface area contributed by atoms with Crippen LogP contribution in [-0.2, 0) is 0 Å². The smallest absolute Gasteiger partial charge is 0.287 e. The molecule has 0 fully saturated rings. The molecule has 0 saturated carbocycles. The maximum absolute atomic E-state index is 15.3. The van der Waals surface area contributed by atoms with Gasteiger partial charge in [0.25, 0.3) is 5.91 Å². The summed E-state index contributed by atoms with van der Waals surface area (Å²) in [6.07, 6.45) is 0. The number of carbonyl (C=O) groups excluding carboxylic acids is 2. The van der Waals surface area contributed by atoms with Crippen molar-refractivity contribution in [3.05, 3.63) is 104 Å². The molecule has 0 aliphatic heterocycles. The van der Waals surface area contributed by atoms with Gasteiger partial charge in [0.15, 0.2) is 0 Å². The van der Waals surface area contributed by atoms with Crippen molar-refractivity contribution in [2.45, 2.75) is 12.0 Å². The summed E-state index contributed by atoms with van der Waals surface area (Å²) < 4.78 is 32.0. The van der Waals surface area contributed by atoms with Crippen LogP contribution in [0.4, 0.5) is 8.78 Å². The summed E-state index contributed by atoms with van der Waals surface area (Å²) in [5, 5.41) is 0. The van der Waals surface area contributed by atoms with Gasteiger partial charge in [-0.25, -0.2) is 5.43 Å². The van der Waals surface area contributed by atoms with Crippen LogP contribution in [0.15, 0.2) is 87.8 Å². The zero-order chi connectivity index (χ0) is 21.7. The third-order valence-electron chi connectivity index (χ3n) is 4.34. The van der Waals surface area contributed by atoms with E-state index in [1.807, 2.05) is 0 Å². The Kier molecular flexibility index (Phi) is 7.12. The molecule has 0 heterocycles. The van der Waals surface area contributed by atoms with Crippen molar-refractivity contribution < 1.29 is 18.4 Å². The molecule has 0 aliphatic carbocycles. The molecule has 1 atom stereocenters. The molecule has 2 N–H and O–H groups in total. The van der Waals surface area contributed by atoms with E-state index in [0.29, 0.717) is 4.47 Å². The van der Waals surface area contributed by atoms with Gasteiger partial charge in [-0.1, -0.05) is 74.3 Å². The van der Waals surface area contributed by atoms with Crippen molar-refractivity contribution in [3.63, 3.8) is 0 Å². The Morgan fingerprint density at radius 3 is 1.87 bits per heavy atom. The van der Waals surface area contributed by atoms with Gasteiger partial charge in [0.2, 0.25) is 5.78 Å². The molecule has 0 aliphatic rings. The van der Waals surface area contributed by atoms with E-state index in [2.05, 4.69) is 42.7 Å². The minimum Gasteiger partial charge on any atom is -0.287 e. The molecule has 0 unspecified atom stereocenters. The van der Waals surface area contributed by atoms with E-state index in [4.69, 9.17) is 0 Å². The van der Waals surface area contributed by atoms with Crippen LogP contribution in [-0.4, -0.2) is 17.6 Å². The summed E-state index contributed by atoms with van der Waals surface area (Å²) in [7, 11) is 0. The second kappa shape index (κ2) is 9.59. The van der Waals surface area contributed by atoms with E-state index < -0.39 is 23.7 Å². The standard InChI is InChI=1S/C22H16Br2F2N2O2/c23-17-10-6-14(7-11-17)19(22(25,26)20(29)15-4-2-1-3-5-15)27-28-21(30)16-8-12-18(24)13-9-16/h1-13,19,27H,(H,28,30)/t19-/m0/s1. The Hall–Kier alpha value is -2.42. The number of benzene rings is 3. The minimum absolute atomic E-state index is 0.120. The molecular weight excluding hydrogens is 522 g/mol. The van der Waals surface area contributed by atoms with Crippen molar-refractivity contribution in [2.75, 3.05) is 0 Å². The fourth-order valence-electron chi connectivity index (χ4n) is 2.76. The molecule has 8 heteroatoms. The second-order valence-corrected chi connectivity index (χ2v) is 8.24. The molecule has 3 aromatic carbocycles. The SMILES string of the molecule is O=C(NN[C@@H](c1ccc(Br)cc1)C(F)(F)C(=O)c1ccccc1)c1ccc(Br)cc1. The highest BCUT2D eigenvalue weighted by Gasteiger charge is 2.48. The lowest BCUT2D eigenvalue weighted by atomic mass is 9.94. The number of rotatable bonds is 7. The lowest BCUT2D eigenvalue weighted by Crippen LogP contribution is -2.50. The van der Waals surface area contributed by atoms with E-state index in [1.54, 1.807) is 42.5 Å². The fourth-order valence-corrected chi connectivity index (χ4v) is 3.29. The molecule has 1 amide bonds. The average Bonchev–Trinajstić information content (AvgIpc) is 2.75. The first kappa shape index (κ1) is 22.3. The van der Waals surface area contributed by atoms with Gasteiger partial charge in [0.05, 0.1) is 0 Å². The zero-order valence-corrected chi connectivity index (χ0v) is 18.6. The fraction of sp³-hybridized carbons (Fsp3) is 0.0909. The number of hydrogen-bond acceptors (Lipinski definition) is 3. The van der Waals surface area contributed by atoms with E-state index in [-0.39, 0.29) is 16.7 Å². The normalized spacial score (nSPS) is 12.3. The monoisotopic (exact) mass is 536 g/mol. The number of hydrogen-bond donors (Lipinski definition) is 2. The maximum atomic E-state index is 15.3. The van der Waals surface area contributed by atoms with Crippen molar-refractivity contribution in [2.24, 2.45) is 0 Å². The van der Waals surface area contributed by atoms with Gasteiger partial charge in [-0.3, -0.25) is 15.0 Å². The van der Waals surface area contributed by atoms with Gasteiger partial charge in [0, 0.05) is 20.1 Å². The minimum atomic E-state index is -3.83. The summed E-state index contributed by atoms with van der Waals surface area (Å²) in [4.78, 5) is 25.0. The molecular formula is C22H16Br2F2N2O2. The third kappa shape index (κ3) is 5.19. The van der Waals surface area contributed by atoms with Crippen molar-refractivity contribution in [1.29, 1.82) is 0 Å². The number of alkyl halides is 2. The summed E-state index contributed by atoms with van der Waals surface area (Å²) in [6.45, 7) is 0. The molecule has 0 saturated heterocycles.